The van der Waals surface area contributed by atoms with E-state index in [2.05, 4.69) is 6.92 Å². The first-order valence-electron chi connectivity index (χ1n) is 7.10. The number of aliphatic hydroxyl groups is 1. The molecule has 112 valence electrons. The summed E-state index contributed by atoms with van der Waals surface area (Å²) in [5, 5.41) is 9.13. The van der Waals surface area contributed by atoms with Gasteiger partial charge in [-0.15, -0.1) is 0 Å². The second-order valence-electron chi connectivity index (χ2n) is 5.84. The molecular formula is C15H23NO3S. The Labute approximate surface area is 121 Å². The van der Waals surface area contributed by atoms with Gasteiger partial charge in [-0.3, -0.25) is 0 Å². The molecule has 4 nitrogen and oxygen atoms in total. The molecule has 0 aromatic heterocycles. The van der Waals surface area contributed by atoms with Crippen LogP contribution in [-0.4, -0.2) is 30.4 Å². The number of sulfonamides is 1. The molecule has 1 aliphatic heterocycles. The predicted octanol–water partition coefficient (Wildman–Crippen LogP) is 2.13. The molecule has 1 fully saturated rings. The number of rotatable bonds is 4. The second-order valence-corrected chi connectivity index (χ2v) is 7.76. The Morgan fingerprint density at radius 2 is 1.95 bits per heavy atom. The number of hydrogen-bond donors (Lipinski definition) is 1. The van der Waals surface area contributed by atoms with Crippen molar-refractivity contribution in [2.24, 2.45) is 5.92 Å². The van der Waals surface area contributed by atoms with Gasteiger partial charge in [-0.05, 0) is 36.8 Å². The van der Waals surface area contributed by atoms with Crippen molar-refractivity contribution in [1.82, 2.24) is 4.31 Å². The molecule has 1 aromatic carbocycles. The summed E-state index contributed by atoms with van der Waals surface area (Å²) in [5.74, 6) is 0.433. The molecule has 5 heteroatoms. The van der Waals surface area contributed by atoms with Crippen LogP contribution in [0.2, 0.25) is 0 Å². The van der Waals surface area contributed by atoms with Crippen LogP contribution in [0.15, 0.2) is 24.3 Å². The standard InChI is InChI=1S/C15H23NO3S/c1-12-6-7-13(2)16(9-12)20(18,19)11-15-5-3-4-14(8-15)10-17/h3-5,8,12-13,17H,6-7,9-11H2,1-2H3. The zero-order chi connectivity index (χ0) is 14.8. The molecule has 1 heterocycles. The lowest BCUT2D eigenvalue weighted by molar-refractivity contribution is 0.217. The summed E-state index contributed by atoms with van der Waals surface area (Å²) in [6, 6.07) is 7.22. The van der Waals surface area contributed by atoms with E-state index in [9.17, 15) is 8.42 Å². The molecule has 2 rings (SSSR count). The average molecular weight is 297 g/mol. The van der Waals surface area contributed by atoms with E-state index in [1.54, 1.807) is 28.6 Å². The highest BCUT2D eigenvalue weighted by molar-refractivity contribution is 7.88. The Morgan fingerprint density at radius 1 is 1.25 bits per heavy atom. The van der Waals surface area contributed by atoms with Crippen molar-refractivity contribution in [3.8, 4) is 0 Å². The summed E-state index contributed by atoms with van der Waals surface area (Å²) in [4.78, 5) is 0. The Kier molecular flexibility index (Phi) is 4.83. The van der Waals surface area contributed by atoms with Crippen LogP contribution in [0.5, 0.6) is 0 Å². The van der Waals surface area contributed by atoms with Gasteiger partial charge in [0.2, 0.25) is 10.0 Å². The number of piperidine rings is 1. The lowest BCUT2D eigenvalue weighted by Gasteiger charge is -2.35. The largest absolute Gasteiger partial charge is 0.392 e. The minimum absolute atomic E-state index is 0.0118. The summed E-state index contributed by atoms with van der Waals surface area (Å²) < 4.78 is 26.8. The van der Waals surface area contributed by atoms with Crippen molar-refractivity contribution in [3.63, 3.8) is 0 Å². The van der Waals surface area contributed by atoms with Crippen molar-refractivity contribution in [2.75, 3.05) is 6.54 Å². The second kappa shape index (κ2) is 6.24. The molecule has 1 aromatic rings. The molecule has 0 aliphatic carbocycles. The molecule has 0 spiro atoms. The molecule has 2 atom stereocenters. The molecule has 1 aliphatic rings. The quantitative estimate of drug-likeness (QED) is 0.926. The Bertz CT molecular complexity index is 556. The van der Waals surface area contributed by atoms with Crippen LogP contribution in [0, 0.1) is 5.92 Å². The molecule has 0 amide bonds. The fourth-order valence-corrected chi connectivity index (χ4v) is 4.65. The van der Waals surface area contributed by atoms with E-state index in [4.69, 9.17) is 5.11 Å². The summed E-state index contributed by atoms with van der Waals surface area (Å²) >= 11 is 0. The van der Waals surface area contributed by atoms with Gasteiger partial charge < -0.3 is 5.11 Å². The first-order valence-corrected chi connectivity index (χ1v) is 8.71. The maximum absolute atomic E-state index is 12.6. The molecule has 0 radical (unpaired) electrons. The Morgan fingerprint density at radius 3 is 2.65 bits per heavy atom. The van der Waals surface area contributed by atoms with Gasteiger partial charge in [-0.1, -0.05) is 31.2 Å². The van der Waals surface area contributed by atoms with Gasteiger partial charge in [-0.25, -0.2) is 8.42 Å². The number of aliphatic hydroxyl groups excluding tert-OH is 1. The first kappa shape index (κ1) is 15.5. The third-order valence-corrected chi connectivity index (χ3v) is 5.86. The zero-order valence-corrected chi connectivity index (χ0v) is 12.9. The van der Waals surface area contributed by atoms with Crippen molar-refractivity contribution in [3.05, 3.63) is 35.4 Å². The highest BCUT2D eigenvalue weighted by atomic mass is 32.2. The summed E-state index contributed by atoms with van der Waals surface area (Å²) in [6.07, 6.45) is 2.02. The highest BCUT2D eigenvalue weighted by Crippen LogP contribution is 2.26. The monoisotopic (exact) mass is 297 g/mol. The normalized spacial score (nSPS) is 24.8. The maximum atomic E-state index is 12.6. The van der Waals surface area contributed by atoms with E-state index >= 15 is 0 Å². The van der Waals surface area contributed by atoms with Gasteiger partial charge in [0, 0.05) is 12.6 Å². The van der Waals surface area contributed by atoms with E-state index in [0.717, 1.165) is 24.0 Å². The summed E-state index contributed by atoms with van der Waals surface area (Å²) in [7, 11) is -3.29. The van der Waals surface area contributed by atoms with E-state index in [0.29, 0.717) is 12.5 Å². The van der Waals surface area contributed by atoms with Crippen molar-refractivity contribution < 1.29 is 13.5 Å². The van der Waals surface area contributed by atoms with Gasteiger partial charge >= 0.3 is 0 Å². The van der Waals surface area contributed by atoms with Crippen molar-refractivity contribution in [2.45, 2.75) is 45.1 Å². The lowest BCUT2D eigenvalue weighted by Crippen LogP contribution is -2.45. The van der Waals surface area contributed by atoms with Gasteiger partial charge in [-0.2, -0.15) is 4.31 Å². The SMILES string of the molecule is CC1CCC(C)N(S(=O)(=O)Cc2cccc(CO)c2)C1. The lowest BCUT2D eigenvalue weighted by atomic mass is 9.97. The number of hydrogen-bond acceptors (Lipinski definition) is 3. The average Bonchev–Trinajstić information content (AvgIpc) is 2.41. The molecular weight excluding hydrogens is 274 g/mol. The minimum atomic E-state index is -3.29. The zero-order valence-electron chi connectivity index (χ0n) is 12.1. The third kappa shape index (κ3) is 3.59. The fraction of sp³-hybridized carbons (Fsp3) is 0.600. The van der Waals surface area contributed by atoms with E-state index < -0.39 is 10.0 Å². The molecule has 20 heavy (non-hydrogen) atoms. The van der Waals surface area contributed by atoms with Gasteiger partial charge in [0.1, 0.15) is 0 Å². The number of nitrogens with zero attached hydrogens (tertiary/aromatic N) is 1. The first-order chi connectivity index (χ1) is 9.42. The van der Waals surface area contributed by atoms with Crippen LogP contribution in [-0.2, 0) is 22.4 Å². The topological polar surface area (TPSA) is 57.6 Å². The van der Waals surface area contributed by atoms with Crippen LogP contribution in [0.1, 0.15) is 37.8 Å². The van der Waals surface area contributed by atoms with E-state index in [1.165, 1.54) is 0 Å². The highest BCUT2D eigenvalue weighted by Gasteiger charge is 2.32. The molecule has 1 saturated heterocycles. The fourth-order valence-electron chi connectivity index (χ4n) is 2.75. The van der Waals surface area contributed by atoms with Gasteiger partial charge in [0.05, 0.1) is 12.4 Å². The van der Waals surface area contributed by atoms with Crippen molar-refractivity contribution in [1.29, 1.82) is 0 Å². The summed E-state index contributed by atoms with van der Waals surface area (Å²) in [6.45, 7) is 4.63. The minimum Gasteiger partial charge on any atom is -0.392 e. The Hall–Kier alpha value is -0.910. The maximum Gasteiger partial charge on any atom is 0.218 e. The van der Waals surface area contributed by atoms with Crippen molar-refractivity contribution >= 4 is 10.0 Å². The van der Waals surface area contributed by atoms with Crippen LogP contribution < -0.4 is 0 Å². The molecule has 2 unspecified atom stereocenters. The van der Waals surface area contributed by atoms with E-state index in [1.807, 2.05) is 6.92 Å². The number of benzene rings is 1. The third-order valence-electron chi connectivity index (χ3n) is 3.94. The van der Waals surface area contributed by atoms with Gasteiger partial charge in [0.25, 0.3) is 0 Å². The van der Waals surface area contributed by atoms with Crippen LogP contribution in [0.3, 0.4) is 0 Å². The molecule has 1 N–H and O–H groups in total. The molecule has 0 bridgehead atoms. The molecule has 0 saturated carbocycles. The predicted molar refractivity (Wildman–Crippen MR) is 79.6 cm³/mol. The van der Waals surface area contributed by atoms with E-state index in [-0.39, 0.29) is 18.4 Å². The summed E-state index contributed by atoms with van der Waals surface area (Å²) in [5.41, 5.74) is 1.49. The Balaban J connectivity index is 2.17. The van der Waals surface area contributed by atoms with Crippen LogP contribution >= 0.6 is 0 Å². The van der Waals surface area contributed by atoms with Crippen LogP contribution in [0.4, 0.5) is 0 Å². The van der Waals surface area contributed by atoms with Crippen LogP contribution in [0.25, 0.3) is 0 Å². The van der Waals surface area contributed by atoms with Gasteiger partial charge in [0.15, 0.2) is 0 Å². The smallest absolute Gasteiger partial charge is 0.218 e.